The molecule has 3 nitrogen and oxygen atoms in total. The zero-order chi connectivity index (χ0) is 13.5. The van der Waals surface area contributed by atoms with Gasteiger partial charge in [0.05, 0.1) is 6.54 Å². The number of halogens is 1. The van der Waals surface area contributed by atoms with E-state index in [9.17, 15) is 0 Å². The van der Waals surface area contributed by atoms with Gasteiger partial charge in [0.2, 0.25) is 0 Å². The molecule has 0 N–H and O–H groups in total. The van der Waals surface area contributed by atoms with E-state index in [1.54, 1.807) is 0 Å². The van der Waals surface area contributed by atoms with Crippen LogP contribution >= 0.6 is 15.9 Å². The van der Waals surface area contributed by atoms with Gasteiger partial charge in [0.25, 0.3) is 0 Å². The smallest absolute Gasteiger partial charge is 0.195 e. The molecule has 1 aromatic carbocycles. The lowest BCUT2D eigenvalue weighted by atomic mass is 10.2. The van der Waals surface area contributed by atoms with Crippen molar-refractivity contribution in [3.8, 4) is 0 Å². The number of hydrogen-bond donors (Lipinski definition) is 0. The van der Waals surface area contributed by atoms with E-state index >= 15 is 0 Å². The van der Waals surface area contributed by atoms with Gasteiger partial charge in [-0.3, -0.25) is 0 Å². The monoisotopic (exact) mass is 309 g/mol. The number of guanidine groups is 1. The summed E-state index contributed by atoms with van der Waals surface area (Å²) in [5, 5.41) is 0. The Kier molecular flexibility index (Phi) is 5.92. The second kappa shape index (κ2) is 7.21. The Bertz CT molecular complexity index is 409. The van der Waals surface area contributed by atoms with Gasteiger partial charge in [-0.2, -0.15) is 0 Å². The minimum Gasteiger partial charge on any atom is -0.349 e. The zero-order valence-electron chi connectivity index (χ0n) is 11.4. The molecule has 18 heavy (non-hydrogen) atoms. The minimum absolute atomic E-state index is 0.682. The highest BCUT2D eigenvalue weighted by Crippen LogP contribution is 2.11. The molecule has 0 saturated carbocycles. The third-order valence-electron chi connectivity index (χ3n) is 2.32. The lowest BCUT2D eigenvalue weighted by Gasteiger charge is -2.22. The number of benzene rings is 1. The number of aliphatic imine (C=N–C) groups is 1. The van der Waals surface area contributed by atoms with Gasteiger partial charge >= 0.3 is 0 Å². The van der Waals surface area contributed by atoms with Crippen LogP contribution in [0.1, 0.15) is 5.56 Å². The normalized spacial score (nSPS) is 10.5. The molecule has 0 spiro atoms. The Balaban J connectivity index is 2.59. The molecule has 1 rings (SSSR count). The molecule has 0 unspecified atom stereocenters. The van der Waals surface area contributed by atoms with Gasteiger partial charge in [-0.15, -0.1) is 0 Å². The molecule has 0 aromatic heterocycles. The topological polar surface area (TPSA) is 18.8 Å². The molecule has 0 aliphatic heterocycles. The van der Waals surface area contributed by atoms with E-state index in [0.717, 1.165) is 10.4 Å². The third kappa shape index (κ3) is 4.92. The summed E-state index contributed by atoms with van der Waals surface area (Å²) in [7, 11) is 7.99. The van der Waals surface area contributed by atoms with Crippen LogP contribution in [0.25, 0.3) is 6.08 Å². The van der Waals surface area contributed by atoms with Crippen molar-refractivity contribution >= 4 is 28.0 Å². The van der Waals surface area contributed by atoms with Crippen molar-refractivity contribution in [2.45, 2.75) is 0 Å². The lowest BCUT2D eigenvalue weighted by Crippen LogP contribution is -2.35. The van der Waals surface area contributed by atoms with Crippen LogP contribution in [-0.2, 0) is 0 Å². The molecule has 98 valence electrons. The van der Waals surface area contributed by atoms with Crippen molar-refractivity contribution in [3.63, 3.8) is 0 Å². The minimum atomic E-state index is 0.682. The maximum atomic E-state index is 4.53. The van der Waals surface area contributed by atoms with Crippen LogP contribution in [0.2, 0.25) is 0 Å². The van der Waals surface area contributed by atoms with E-state index in [2.05, 4.69) is 45.2 Å². The Labute approximate surface area is 118 Å². The molecule has 0 bridgehead atoms. The first kappa shape index (κ1) is 14.8. The van der Waals surface area contributed by atoms with Crippen molar-refractivity contribution in [2.75, 3.05) is 34.7 Å². The van der Waals surface area contributed by atoms with Crippen LogP contribution < -0.4 is 0 Å². The van der Waals surface area contributed by atoms with Crippen molar-refractivity contribution in [1.29, 1.82) is 0 Å². The SMILES string of the molecule is CN(C)C(=NC/C=C/c1ccc(Br)cc1)N(C)C. The van der Waals surface area contributed by atoms with Gasteiger partial charge in [-0.05, 0) is 17.7 Å². The average Bonchev–Trinajstić information content (AvgIpc) is 2.30. The van der Waals surface area contributed by atoms with Crippen LogP contribution in [0.15, 0.2) is 39.8 Å². The maximum Gasteiger partial charge on any atom is 0.195 e. The summed E-state index contributed by atoms with van der Waals surface area (Å²) in [5.41, 5.74) is 1.18. The summed E-state index contributed by atoms with van der Waals surface area (Å²) in [6.07, 6.45) is 4.15. The Morgan fingerprint density at radius 2 is 1.67 bits per heavy atom. The molecule has 0 radical (unpaired) electrons. The van der Waals surface area contributed by atoms with E-state index in [-0.39, 0.29) is 0 Å². The summed E-state index contributed by atoms with van der Waals surface area (Å²) in [6, 6.07) is 8.22. The first-order valence-corrected chi connectivity index (χ1v) is 6.61. The van der Waals surface area contributed by atoms with E-state index in [1.165, 1.54) is 5.56 Å². The molecule has 0 heterocycles. The molecule has 0 aliphatic rings. The summed E-state index contributed by atoms with van der Waals surface area (Å²) in [5.74, 6) is 0.968. The second-order valence-corrected chi connectivity index (χ2v) is 5.30. The predicted molar refractivity (Wildman–Crippen MR) is 82.9 cm³/mol. The highest BCUT2D eigenvalue weighted by Gasteiger charge is 2.01. The quantitative estimate of drug-likeness (QED) is 0.631. The van der Waals surface area contributed by atoms with Gasteiger partial charge < -0.3 is 9.80 Å². The van der Waals surface area contributed by atoms with Gasteiger partial charge in [0.1, 0.15) is 0 Å². The van der Waals surface area contributed by atoms with Gasteiger partial charge in [0, 0.05) is 32.7 Å². The first-order chi connectivity index (χ1) is 8.50. The molecule has 0 saturated heterocycles. The fourth-order valence-corrected chi connectivity index (χ4v) is 1.84. The van der Waals surface area contributed by atoms with Gasteiger partial charge in [-0.25, -0.2) is 4.99 Å². The predicted octanol–water partition coefficient (Wildman–Crippen LogP) is 2.94. The van der Waals surface area contributed by atoms with Crippen molar-refractivity contribution in [2.24, 2.45) is 4.99 Å². The Morgan fingerprint density at radius 3 is 2.17 bits per heavy atom. The largest absolute Gasteiger partial charge is 0.349 e. The highest BCUT2D eigenvalue weighted by atomic mass is 79.9. The lowest BCUT2D eigenvalue weighted by molar-refractivity contribution is 0.481. The van der Waals surface area contributed by atoms with Crippen molar-refractivity contribution < 1.29 is 0 Å². The van der Waals surface area contributed by atoms with Crippen LogP contribution in [0.3, 0.4) is 0 Å². The number of rotatable bonds is 3. The van der Waals surface area contributed by atoms with Crippen LogP contribution in [0.5, 0.6) is 0 Å². The van der Waals surface area contributed by atoms with Gasteiger partial charge in [0.15, 0.2) is 5.96 Å². The molecule has 0 amide bonds. The third-order valence-corrected chi connectivity index (χ3v) is 2.85. The molecule has 0 aliphatic carbocycles. The van der Waals surface area contributed by atoms with Crippen LogP contribution in [-0.4, -0.2) is 50.5 Å². The summed E-state index contributed by atoms with van der Waals surface area (Å²) in [4.78, 5) is 8.54. The molecular weight excluding hydrogens is 290 g/mol. The second-order valence-electron chi connectivity index (χ2n) is 4.38. The summed E-state index contributed by atoms with van der Waals surface area (Å²) >= 11 is 3.42. The molecular formula is C14H20BrN3. The fourth-order valence-electron chi connectivity index (χ4n) is 1.58. The summed E-state index contributed by atoms with van der Waals surface area (Å²) < 4.78 is 1.10. The summed E-state index contributed by atoms with van der Waals surface area (Å²) in [6.45, 7) is 0.682. The van der Waals surface area contributed by atoms with E-state index < -0.39 is 0 Å². The van der Waals surface area contributed by atoms with Crippen LogP contribution in [0.4, 0.5) is 0 Å². The Hall–Kier alpha value is -1.29. The maximum absolute atomic E-state index is 4.53. The fraction of sp³-hybridized carbons (Fsp3) is 0.357. The number of hydrogen-bond acceptors (Lipinski definition) is 1. The van der Waals surface area contributed by atoms with Crippen molar-refractivity contribution in [1.82, 2.24) is 9.80 Å². The number of nitrogens with zero attached hydrogens (tertiary/aromatic N) is 3. The molecule has 0 fully saturated rings. The molecule has 0 atom stereocenters. The van der Waals surface area contributed by atoms with E-state index in [4.69, 9.17) is 0 Å². The van der Waals surface area contributed by atoms with Gasteiger partial charge in [-0.1, -0.05) is 40.2 Å². The van der Waals surface area contributed by atoms with Crippen LogP contribution in [0, 0.1) is 0 Å². The standard InChI is InChI=1S/C14H20BrN3/c1-17(2)14(18(3)4)16-11-5-6-12-7-9-13(15)10-8-12/h5-10H,11H2,1-4H3/b6-5+. The van der Waals surface area contributed by atoms with E-state index in [1.807, 2.05) is 50.1 Å². The van der Waals surface area contributed by atoms with Crippen molar-refractivity contribution in [3.05, 3.63) is 40.4 Å². The average molecular weight is 310 g/mol. The molecule has 1 aromatic rings. The van der Waals surface area contributed by atoms with E-state index in [0.29, 0.717) is 6.54 Å². The zero-order valence-corrected chi connectivity index (χ0v) is 13.0. The molecule has 4 heteroatoms. The Morgan fingerprint density at radius 1 is 1.11 bits per heavy atom. The first-order valence-electron chi connectivity index (χ1n) is 5.82. The highest BCUT2D eigenvalue weighted by molar-refractivity contribution is 9.10.